The smallest absolute Gasteiger partial charge is 0.178 e. The number of sulfone groups is 1. The maximum atomic E-state index is 12.1. The minimum atomic E-state index is -3.22. The number of hydrogen-bond acceptors (Lipinski definition) is 2. The highest BCUT2D eigenvalue weighted by Crippen LogP contribution is 2.24. The summed E-state index contributed by atoms with van der Waals surface area (Å²) in [7, 11) is -3.22. The van der Waals surface area contributed by atoms with Crippen LogP contribution in [0.25, 0.3) is 0 Å². The van der Waals surface area contributed by atoms with Crippen LogP contribution in [0, 0.1) is 5.92 Å². The molecule has 0 bridgehead atoms. The van der Waals surface area contributed by atoms with E-state index in [9.17, 15) is 8.42 Å². The summed E-state index contributed by atoms with van der Waals surface area (Å²) >= 11 is 5.67. The van der Waals surface area contributed by atoms with Gasteiger partial charge in [0.15, 0.2) is 9.84 Å². The fourth-order valence-electron chi connectivity index (χ4n) is 1.68. The largest absolute Gasteiger partial charge is 0.224 e. The highest BCUT2D eigenvalue weighted by atomic mass is 35.5. The van der Waals surface area contributed by atoms with Crippen LogP contribution >= 0.6 is 11.6 Å². The van der Waals surface area contributed by atoms with Gasteiger partial charge >= 0.3 is 0 Å². The first kappa shape index (κ1) is 15.5. The molecule has 1 unspecified atom stereocenters. The summed E-state index contributed by atoms with van der Waals surface area (Å²) in [6.45, 7) is 8.15. The summed E-state index contributed by atoms with van der Waals surface area (Å²) in [6, 6.07) is 7.16. The van der Waals surface area contributed by atoms with Crippen LogP contribution in [-0.2, 0) is 15.3 Å². The topological polar surface area (TPSA) is 34.1 Å². The van der Waals surface area contributed by atoms with Crippen molar-refractivity contribution in [2.45, 2.75) is 38.0 Å². The molecule has 0 amide bonds. The van der Waals surface area contributed by atoms with E-state index in [4.69, 9.17) is 11.6 Å². The molecule has 1 aromatic rings. The number of benzene rings is 1. The maximum Gasteiger partial charge on any atom is 0.178 e. The van der Waals surface area contributed by atoms with Gasteiger partial charge in [0.2, 0.25) is 0 Å². The molecule has 4 heteroatoms. The molecule has 0 saturated carbocycles. The third-order valence-electron chi connectivity index (χ3n) is 2.85. The molecule has 18 heavy (non-hydrogen) atoms. The van der Waals surface area contributed by atoms with Crippen molar-refractivity contribution in [3.05, 3.63) is 29.8 Å². The van der Waals surface area contributed by atoms with Gasteiger partial charge in [-0.05, 0) is 29.0 Å². The fraction of sp³-hybridized carbons (Fsp3) is 0.571. The highest BCUT2D eigenvalue weighted by molar-refractivity contribution is 7.91. The zero-order valence-electron chi connectivity index (χ0n) is 11.4. The van der Waals surface area contributed by atoms with Crippen LogP contribution in [0.1, 0.15) is 33.3 Å². The fourth-order valence-corrected chi connectivity index (χ4v) is 3.53. The number of alkyl halides is 1. The Balaban J connectivity index is 2.98. The Hall–Kier alpha value is -0.540. The van der Waals surface area contributed by atoms with Crippen LogP contribution in [0.5, 0.6) is 0 Å². The zero-order valence-corrected chi connectivity index (χ0v) is 13.0. The lowest BCUT2D eigenvalue weighted by atomic mass is 9.87. The number of halogens is 1. The van der Waals surface area contributed by atoms with Crippen molar-refractivity contribution in [1.29, 1.82) is 0 Å². The predicted octanol–water partition coefficient (Wildman–Crippen LogP) is 3.63. The normalized spacial score (nSPS) is 14.5. The van der Waals surface area contributed by atoms with E-state index in [1.165, 1.54) is 0 Å². The second-order valence-electron chi connectivity index (χ2n) is 5.82. The van der Waals surface area contributed by atoms with Gasteiger partial charge in [0.05, 0.1) is 10.6 Å². The molecule has 1 atom stereocenters. The Kier molecular flexibility index (Phi) is 4.84. The summed E-state index contributed by atoms with van der Waals surface area (Å²) in [5.41, 5.74) is 1.16. The lowest BCUT2D eigenvalue weighted by Gasteiger charge is -2.19. The number of hydrogen-bond donors (Lipinski definition) is 0. The molecule has 0 spiro atoms. The van der Waals surface area contributed by atoms with Crippen LogP contribution in [0.4, 0.5) is 0 Å². The van der Waals surface area contributed by atoms with Gasteiger partial charge in [0, 0.05) is 5.88 Å². The van der Waals surface area contributed by atoms with Crippen molar-refractivity contribution < 1.29 is 8.42 Å². The summed E-state index contributed by atoms with van der Waals surface area (Å²) < 4.78 is 24.2. The van der Waals surface area contributed by atoms with E-state index in [2.05, 4.69) is 20.8 Å². The van der Waals surface area contributed by atoms with Gasteiger partial charge in [-0.25, -0.2) is 8.42 Å². The van der Waals surface area contributed by atoms with Crippen LogP contribution < -0.4 is 0 Å². The Labute approximate surface area is 115 Å². The van der Waals surface area contributed by atoms with Crippen molar-refractivity contribution >= 4 is 21.4 Å². The van der Waals surface area contributed by atoms with E-state index in [0.717, 1.165) is 5.56 Å². The lowest BCUT2D eigenvalue weighted by Crippen LogP contribution is -2.16. The monoisotopic (exact) mass is 288 g/mol. The second-order valence-corrected chi connectivity index (χ2v) is 8.16. The first-order valence-electron chi connectivity index (χ1n) is 6.06. The summed E-state index contributed by atoms with van der Waals surface area (Å²) in [5.74, 6) is 0.434. The Bertz CT molecular complexity index is 484. The quantitative estimate of drug-likeness (QED) is 0.793. The lowest BCUT2D eigenvalue weighted by molar-refractivity contribution is 0.579. The van der Waals surface area contributed by atoms with Crippen molar-refractivity contribution in [2.75, 3.05) is 11.6 Å². The van der Waals surface area contributed by atoms with Gasteiger partial charge in [-0.1, -0.05) is 39.8 Å². The minimum absolute atomic E-state index is 0.0287. The van der Waals surface area contributed by atoms with E-state index < -0.39 is 9.84 Å². The molecular weight excluding hydrogens is 268 g/mol. The average Bonchev–Trinajstić information content (AvgIpc) is 2.27. The standard InChI is InChI=1S/C14H21ClO2S/c1-11(9-15)10-18(16,17)13-7-5-12(6-8-13)14(2,3)4/h5-8,11H,9-10H2,1-4H3. The van der Waals surface area contributed by atoms with E-state index in [-0.39, 0.29) is 17.1 Å². The zero-order chi connectivity index (χ0) is 14.0. The van der Waals surface area contributed by atoms with Crippen LogP contribution in [-0.4, -0.2) is 20.1 Å². The van der Waals surface area contributed by atoms with E-state index >= 15 is 0 Å². The maximum absolute atomic E-state index is 12.1. The molecule has 102 valence electrons. The van der Waals surface area contributed by atoms with E-state index in [1.54, 1.807) is 12.1 Å². The van der Waals surface area contributed by atoms with Gasteiger partial charge in [-0.3, -0.25) is 0 Å². The van der Waals surface area contributed by atoms with Gasteiger partial charge in [-0.2, -0.15) is 0 Å². The van der Waals surface area contributed by atoms with Gasteiger partial charge in [0.25, 0.3) is 0 Å². The molecule has 0 aliphatic carbocycles. The van der Waals surface area contributed by atoms with Gasteiger partial charge in [0.1, 0.15) is 0 Å². The van der Waals surface area contributed by atoms with Gasteiger partial charge in [-0.15, -0.1) is 11.6 Å². The van der Waals surface area contributed by atoms with Crippen molar-refractivity contribution in [1.82, 2.24) is 0 Å². The summed E-state index contributed by atoms with van der Waals surface area (Å²) in [6.07, 6.45) is 0. The third kappa shape index (κ3) is 3.99. The average molecular weight is 289 g/mol. The molecule has 0 fully saturated rings. The molecule has 0 aliphatic heterocycles. The molecule has 0 saturated heterocycles. The van der Waals surface area contributed by atoms with Crippen LogP contribution in [0.2, 0.25) is 0 Å². The van der Waals surface area contributed by atoms with Gasteiger partial charge < -0.3 is 0 Å². The Morgan fingerprint density at radius 3 is 2.06 bits per heavy atom. The minimum Gasteiger partial charge on any atom is -0.224 e. The van der Waals surface area contributed by atoms with E-state index in [1.807, 2.05) is 19.1 Å². The van der Waals surface area contributed by atoms with E-state index in [0.29, 0.717) is 10.8 Å². The molecule has 0 aromatic heterocycles. The van der Waals surface area contributed by atoms with Crippen LogP contribution in [0.15, 0.2) is 29.2 Å². The molecule has 0 radical (unpaired) electrons. The molecule has 2 nitrogen and oxygen atoms in total. The molecule has 0 N–H and O–H groups in total. The molecule has 1 rings (SSSR count). The molecule has 0 heterocycles. The SMILES string of the molecule is CC(CCl)CS(=O)(=O)c1ccc(C(C)(C)C)cc1. The second kappa shape index (κ2) is 5.62. The molecular formula is C14H21ClO2S. The first-order chi connectivity index (χ1) is 8.16. The molecule has 0 aliphatic rings. The van der Waals surface area contributed by atoms with Crippen molar-refractivity contribution in [3.63, 3.8) is 0 Å². The predicted molar refractivity (Wildman–Crippen MR) is 77.1 cm³/mol. The highest BCUT2D eigenvalue weighted by Gasteiger charge is 2.19. The first-order valence-corrected chi connectivity index (χ1v) is 8.25. The van der Waals surface area contributed by atoms with Crippen molar-refractivity contribution in [3.8, 4) is 0 Å². The Morgan fingerprint density at radius 1 is 1.17 bits per heavy atom. The number of rotatable bonds is 4. The molecule has 1 aromatic carbocycles. The Morgan fingerprint density at radius 2 is 1.67 bits per heavy atom. The van der Waals surface area contributed by atoms with Crippen LogP contribution in [0.3, 0.4) is 0 Å². The summed E-state index contributed by atoms with van der Waals surface area (Å²) in [4.78, 5) is 0.382. The third-order valence-corrected chi connectivity index (χ3v) is 5.37. The van der Waals surface area contributed by atoms with Crippen molar-refractivity contribution in [2.24, 2.45) is 5.92 Å². The summed E-state index contributed by atoms with van der Waals surface area (Å²) in [5, 5.41) is 0.